The van der Waals surface area contributed by atoms with Crippen LogP contribution in [0.5, 0.6) is 5.75 Å². The number of halogens is 1. The van der Waals surface area contributed by atoms with Gasteiger partial charge in [-0.1, -0.05) is 48.2 Å². The highest BCUT2D eigenvalue weighted by molar-refractivity contribution is 7.98. The van der Waals surface area contributed by atoms with E-state index in [9.17, 15) is 14.0 Å². The van der Waals surface area contributed by atoms with Crippen LogP contribution in [0.15, 0.2) is 58.5 Å². The van der Waals surface area contributed by atoms with Crippen molar-refractivity contribution in [2.45, 2.75) is 43.2 Å². The van der Waals surface area contributed by atoms with Crippen LogP contribution in [-0.4, -0.2) is 22.0 Å². The Balaban J connectivity index is 1.68. The summed E-state index contributed by atoms with van der Waals surface area (Å²) in [6.45, 7) is 3.84. The Kier molecular flexibility index (Phi) is 6.08. The van der Waals surface area contributed by atoms with Crippen molar-refractivity contribution in [2.75, 3.05) is 5.32 Å². The Bertz CT molecular complexity index is 1180. The summed E-state index contributed by atoms with van der Waals surface area (Å²) < 4.78 is 19.8. The van der Waals surface area contributed by atoms with Gasteiger partial charge < -0.3 is 15.0 Å². The number of carbonyl (C=O) groups excluding carboxylic acids is 1. The highest BCUT2D eigenvalue weighted by Crippen LogP contribution is 2.39. The number of fused-ring (bicyclic) bond motifs is 1. The summed E-state index contributed by atoms with van der Waals surface area (Å²) in [5.41, 5.74) is 1.35. The number of hydrogen-bond donors (Lipinski definition) is 2. The van der Waals surface area contributed by atoms with E-state index >= 15 is 0 Å². The minimum atomic E-state index is -0.472. The fourth-order valence-corrected chi connectivity index (χ4v) is 4.42. The van der Waals surface area contributed by atoms with Gasteiger partial charge in [0.1, 0.15) is 17.4 Å². The zero-order valence-corrected chi connectivity index (χ0v) is 18.0. The number of aromatic nitrogens is 2. The fourth-order valence-electron chi connectivity index (χ4n) is 3.58. The molecule has 2 aromatic carbocycles. The third-order valence-corrected chi connectivity index (χ3v) is 5.83. The number of para-hydroxylation sites is 1. The highest BCUT2D eigenvalue weighted by Gasteiger charge is 2.32. The number of benzene rings is 2. The van der Waals surface area contributed by atoms with Crippen LogP contribution < -0.4 is 15.6 Å². The van der Waals surface area contributed by atoms with Crippen molar-refractivity contribution >= 4 is 23.5 Å². The number of rotatable bonds is 6. The van der Waals surface area contributed by atoms with Gasteiger partial charge in [0.2, 0.25) is 5.91 Å². The first-order valence-corrected chi connectivity index (χ1v) is 11.0. The fraction of sp³-hybridized carbons (Fsp3) is 0.261. The molecule has 0 aliphatic carbocycles. The van der Waals surface area contributed by atoms with Crippen molar-refractivity contribution in [3.63, 3.8) is 0 Å². The molecule has 0 spiro atoms. The van der Waals surface area contributed by atoms with Crippen LogP contribution in [0, 0.1) is 5.82 Å². The highest BCUT2D eigenvalue weighted by atomic mass is 32.2. The molecule has 3 aromatic rings. The van der Waals surface area contributed by atoms with Gasteiger partial charge in [-0.05, 0) is 31.5 Å². The zero-order chi connectivity index (χ0) is 22.0. The lowest BCUT2D eigenvalue weighted by Crippen LogP contribution is -2.31. The van der Waals surface area contributed by atoms with Gasteiger partial charge in [-0.2, -0.15) is 0 Å². The molecule has 4 rings (SSSR count). The molecular weight excluding hydrogens is 417 g/mol. The zero-order valence-electron chi connectivity index (χ0n) is 17.1. The molecule has 0 saturated carbocycles. The van der Waals surface area contributed by atoms with E-state index in [1.54, 1.807) is 18.2 Å². The monoisotopic (exact) mass is 439 g/mol. The Morgan fingerprint density at radius 3 is 2.68 bits per heavy atom. The molecule has 1 atom stereocenters. The molecule has 0 fully saturated rings. The van der Waals surface area contributed by atoms with Gasteiger partial charge >= 0.3 is 0 Å². The molecule has 0 radical (unpaired) electrons. The van der Waals surface area contributed by atoms with Crippen LogP contribution in [0.2, 0.25) is 0 Å². The van der Waals surface area contributed by atoms with Gasteiger partial charge in [0, 0.05) is 23.7 Å². The van der Waals surface area contributed by atoms with Crippen molar-refractivity contribution in [1.82, 2.24) is 9.97 Å². The predicted molar refractivity (Wildman–Crippen MR) is 118 cm³/mol. The molecule has 1 aliphatic heterocycles. The maximum Gasteiger partial charge on any atom is 0.257 e. The summed E-state index contributed by atoms with van der Waals surface area (Å²) in [6.07, 6.45) is 0.0735. The number of H-pyrrole nitrogens is 1. The van der Waals surface area contributed by atoms with Gasteiger partial charge in [-0.25, -0.2) is 9.37 Å². The molecule has 2 N–H and O–H groups in total. The average molecular weight is 440 g/mol. The standard InChI is InChI=1S/C23H22FN3O3S/c1-13(2)30-18-10-6-4-8-15(18)16-11-19(28)25-21-20(16)22(29)27-23(26-21)31-12-14-7-3-5-9-17(14)24/h3-10,13,16H,11-12H2,1-2H3,(H2,25,26,27,28,29)/t16-/m0/s1. The molecule has 1 aromatic heterocycles. The first-order chi connectivity index (χ1) is 14.9. The van der Waals surface area contributed by atoms with E-state index in [0.29, 0.717) is 27.8 Å². The number of carbonyl (C=O) groups is 1. The van der Waals surface area contributed by atoms with Gasteiger partial charge in [-0.3, -0.25) is 9.59 Å². The van der Waals surface area contributed by atoms with Crippen LogP contribution in [-0.2, 0) is 10.5 Å². The summed E-state index contributed by atoms with van der Waals surface area (Å²) in [5, 5.41) is 3.03. The summed E-state index contributed by atoms with van der Waals surface area (Å²) in [5.74, 6) is 0.170. The normalized spacial score (nSPS) is 15.5. The Morgan fingerprint density at radius 1 is 1.16 bits per heavy atom. The summed E-state index contributed by atoms with van der Waals surface area (Å²) >= 11 is 1.20. The molecule has 0 unspecified atom stereocenters. The number of anilines is 1. The number of aromatic amines is 1. The molecule has 6 nitrogen and oxygen atoms in total. The smallest absolute Gasteiger partial charge is 0.257 e. The van der Waals surface area contributed by atoms with E-state index in [2.05, 4.69) is 15.3 Å². The van der Waals surface area contributed by atoms with Crippen molar-refractivity contribution < 1.29 is 13.9 Å². The van der Waals surface area contributed by atoms with Gasteiger partial charge in [-0.15, -0.1) is 0 Å². The van der Waals surface area contributed by atoms with E-state index in [0.717, 1.165) is 5.56 Å². The predicted octanol–water partition coefficient (Wildman–Crippen LogP) is 4.46. The minimum Gasteiger partial charge on any atom is -0.491 e. The van der Waals surface area contributed by atoms with Crippen LogP contribution in [0.1, 0.15) is 42.9 Å². The van der Waals surface area contributed by atoms with Crippen LogP contribution in [0.4, 0.5) is 10.2 Å². The number of thioether (sulfide) groups is 1. The van der Waals surface area contributed by atoms with Crippen LogP contribution in [0.3, 0.4) is 0 Å². The van der Waals surface area contributed by atoms with Gasteiger partial charge in [0.15, 0.2) is 5.16 Å². The molecule has 160 valence electrons. The second kappa shape index (κ2) is 8.93. The lowest BCUT2D eigenvalue weighted by molar-refractivity contribution is -0.116. The maximum absolute atomic E-state index is 13.9. The Hall–Kier alpha value is -3.13. The molecule has 0 saturated heterocycles. The number of ether oxygens (including phenoxy) is 1. The van der Waals surface area contributed by atoms with Crippen molar-refractivity contribution in [1.29, 1.82) is 0 Å². The molecule has 1 amide bonds. The van der Waals surface area contributed by atoms with E-state index in [1.165, 1.54) is 17.8 Å². The lowest BCUT2D eigenvalue weighted by Gasteiger charge is -2.26. The minimum absolute atomic E-state index is 0.0494. The van der Waals surface area contributed by atoms with Crippen molar-refractivity contribution in [3.05, 3.63) is 81.4 Å². The van der Waals surface area contributed by atoms with Crippen molar-refractivity contribution in [3.8, 4) is 5.75 Å². The topological polar surface area (TPSA) is 84.1 Å². The Morgan fingerprint density at radius 2 is 1.90 bits per heavy atom. The average Bonchev–Trinajstić information content (AvgIpc) is 2.72. The number of amides is 1. The van der Waals surface area contributed by atoms with E-state index in [4.69, 9.17) is 4.74 Å². The van der Waals surface area contributed by atoms with Gasteiger partial charge in [0.25, 0.3) is 5.56 Å². The number of hydrogen-bond acceptors (Lipinski definition) is 5. The van der Waals surface area contributed by atoms with Crippen LogP contribution >= 0.6 is 11.8 Å². The molecule has 0 bridgehead atoms. The summed E-state index contributed by atoms with van der Waals surface area (Å²) in [6, 6.07) is 13.9. The second-order valence-corrected chi connectivity index (χ2v) is 8.49. The third-order valence-electron chi connectivity index (χ3n) is 4.91. The SMILES string of the molecule is CC(C)Oc1ccccc1[C@@H]1CC(=O)Nc2nc(SCc3ccccc3F)[nH]c(=O)c21. The maximum atomic E-state index is 13.9. The Labute approximate surface area is 183 Å². The largest absolute Gasteiger partial charge is 0.491 e. The molecular formula is C23H22FN3O3S. The second-order valence-electron chi connectivity index (χ2n) is 7.52. The lowest BCUT2D eigenvalue weighted by atomic mass is 9.86. The first-order valence-electron chi connectivity index (χ1n) is 9.98. The van der Waals surface area contributed by atoms with E-state index in [1.807, 2.05) is 38.1 Å². The molecule has 1 aliphatic rings. The van der Waals surface area contributed by atoms with E-state index < -0.39 is 5.92 Å². The summed E-state index contributed by atoms with van der Waals surface area (Å²) in [7, 11) is 0. The summed E-state index contributed by atoms with van der Waals surface area (Å²) in [4.78, 5) is 32.7. The van der Waals surface area contributed by atoms with E-state index in [-0.39, 0.29) is 35.6 Å². The first kappa shape index (κ1) is 21.1. The number of nitrogens with one attached hydrogen (secondary N) is 2. The van der Waals surface area contributed by atoms with Crippen molar-refractivity contribution in [2.24, 2.45) is 0 Å². The molecule has 8 heteroatoms. The number of nitrogens with zero attached hydrogens (tertiary/aromatic N) is 1. The quantitative estimate of drug-likeness (QED) is 0.438. The molecule has 31 heavy (non-hydrogen) atoms. The third kappa shape index (κ3) is 4.64. The van der Waals surface area contributed by atoms with Crippen LogP contribution in [0.25, 0.3) is 0 Å². The van der Waals surface area contributed by atoms with Gasteiger partial charge in [0.05, 0.1) is 11.7 Å². The molecule has 2 heterocycles.